The molecule has 6 nitrogen and oxygen atoms in total. The normalized spacial score (nSPS) is 10.5. The van der Waals surface area contributed by atoms with Crippen molar-refractivity contribution in [1.29, 1.82) is 0 Å². The van der Waals surface area contributed by atoms with Crippen LogP contribution in [0.4, 0.5) is 5.69 Å². The Morgan fingerprint density at radius 2 is 1.92 bits per heavy atom. The van der Waals surface area contributed by atoms with Gasteiger partial charge in [-0.25, -0.2) is 4.79 Å². The van der Waals surface area contributed by atoms with Crippen molar-refractivity contribution in [3.63, 3.8) is 0 Å². The van der Waals surface area contributed by atoms with Crippen molar-refractivity contribution in [1.82, 2.24) is 0 Å². The maximum atomic E-state index is 11.4. The number of hydrogen-bond acceptors (Lipinski definition) is 6. The van der Waals surface area contributed by atoms with Crippen LogP contribution >= 0.6 is 0 Å². The van der Waals surface area contributed by atoms with Crippen LogP contribution in [0.15, 0.2) is 53.6 Å². The van der Waals surface area contributed by atoms with Crippen LogP contribution in [-0.2, 0) is 9.53 Å². The van der Waals surface area contributed by atoms with Gasteiger partial charge in [0.25, 0.3) is 0 Å². The number of hydrogen-bond donors (Lipinski definition) is 0. The first-order valence-electron chi connectivity index (χ1n) is 7.93. The summed E-state index contributed by atoms with van der Waals surface area (Å²) in [6, 6.07) is 15.2. The highest BCUT2D eigenvalue weighted by Gasteiger charge is 2.09. The Kier molecular flexibility index (Phi) is 6.83. The molecule has 6 heteroatoms. The smallest absolute Gasteiger partial charge is 0.344 e. The molecule has 0 bridgehead atoms. The SMILES string of the molecule is CCOC(=O)COc1ccc(/C=N/N(C)c2ccccc2)cc1OC. The van der Waals surface area contributed by atoms with Crippen LogP contribution in [0.2, 0.25) is 0 Å². The number of para-hydroxylation sites is 1. The van der Waals surface area contributed by atoms with Crippen molar-refractivity contribution < 1.29 is 19.0 Å². The van der Waals surface area contributed by atoms with Crippen molar-refractivity contribution in [2.24, 2.45) is 5.10 Å². The highest BCUT2D eigenvalue weighted by atomic mass is 16.6. The van der Waals surface area contributed by atoms with Crippen LogP contribution < -0.4 is 14.5 Å². The Balaban J connectivity index is 2.05. The van der Waals surface area contributed by atoms with Gasteiger partial charge in [-0.2, -0.15) is 5.10 Å². The molecule has 0 unspecified atom stereocenters. The fraction of sp³-hybridized carbons (Fsp3) is 0.263. The number of ether oxygens (including phenoxy) is 3. The van der Waals surface area contributed by atoms with E-state index >= 15 is 0 Å². The first-order chi connectivity index (χ1) is 12.1. The summed E-state index contributed by atoms with van der Waals surface area (Å²) in [4.78, 5) is 11.4. The summed E-state index contributed by atoms with van der Waals surface area (Å²) >= 11 is 0. The van der Waals surface area contributed by atoms with E-state index in [0.717, 1.165) is 11.3 Å². The molecule has 0 N–H and O–H groups in total. The molecule has 0 aliphatic heterocycles. The van der Waals surface area contributed by atoms with E-state index in [0.29, 0.717) is 18.1 Å². The molecule has 0 aromatic heterocycles. The molecule has 25 heavy (non-hydrogen) atoms. The highest BCUT2D eigenvalue weighted by molar-refractivity contribution is 5.81. The lowest BCUT2D eigenvalue weighted by molar-refractivity contribution is -0.145. The molecule has 132 valence electrons. The second-order valence-electron chi connectivity index (χ2n) is 5.11. The quantitative estimate of drug-likeness (QED) is 0.419. The summed E-state index contributed by atoms with van der Waals surface area (Å²) in [5.41, 5.74) is 1.84. The highest BCUT2D eigenvalue weighted by Crippen LogP contribution is 2.27. The Hall–Kier alpha value is -3.02. The second-order valence-corrected chi connectivity index (χ2v) is 5.11. The van der Waals surface area contributed by atoms with E-state index in [-0.39, 0.29) is 6.61 Å². The van der Waals surface area contributed by atoms with Crippen LogP contribution in [0.5, 0.6) is 11.5 Å². The van der Waals surface area contributed by atoms with Crippen LogP contribution in [0, 0.1) is 0 Å². The summed E-state index contributed by atoms with van der Waals surface area (Å²) in [6.45, 7) is 1.91. The summed E-state index contributed by atoms with van der Waals surface area (Å²) in [7, 11) is 3.42. The standard InChI is InChI=1S/C19H22N2O4/c1-4-24-19(22)14-25-17-11-10-15(12-18(17)23-3)13-20-21(2)16-8-6-5-7-9-16/h5-13H,4,14H2,1-3H3/b20-13+. The Morgan fingerprint density at radius 3 is 2.60 bits per heavy atom. The molecule has 0 spiro atoms. The van der Waals surface area contributed by atoms with Gasteiger partial charge >= 0.3 is 5.97 Å². The minimum atomic E-state index is -0.417. The average molecular weight is 342 g/mol. The average Bonchev–Trinajstić information content (AvgIpc) is 2.65. The summed E-state index contributed by atoms with van der Waals surface area (Å²) < 4.78 is 15.6. The van der Waals surface area contributed by atoms with E-state index in [2.05, 4.69) is 5.10 Å². The summed E-state index contributed by atoms with van der Waals surface area (Å²) in [5.74, 6) is 0.583. The van der Waals surface area contributed by atoms with Gasteiger partial charge in [0.15, 0.2) is 18.1 Å². The van der Waals surface area contributed by atoms with E-state index < -0.39 is 5.97 Å². The predicted octanol–water partition coefficient (Wildman–Crippen LogP) is 3.11. The van der Waals surface area contributed by atoms with Gasteiger partial charge in [-0.15, -0.1) is 0 Å². The number of rotatable bonds is 8. The van der Waals surface area contributed by atoms with Crippen molar-refractivity contribution in [3.8, 4) is 11.5 Å². The molecule has 0 fully saturated rings. The van der Waals surface area contributed by atoms with Gasteiger partial charge in [0.05, 0.1) is 25.6 Å². The van der Waals surface area contributed by atoms with Gasteiger partial charge in [-0.3, -0.25) is 5.01 Å². The van der Waals surface area contributed by atoms with E-state index in [1.165, 1.54) is 0 Å². The van der Waals surface area contributed by atoms with Crippen molar-refractivity contribution in [2.75, 3.05) is 32.4 Å². The summed E-state index contributed by atoms with van der Waals surface area (Å²) in [6.07, 6.45) is 1.73. The number of hydrazone groups is 1. The maximum Gasteiger partial charge on any atom is 0.344 e. The molecule has 0 amide bonds. The molecule has 2 rings (SSSR count). The number of carbonyl (C=O) groups is 1. The van der Waals surface area contributed by atoms with Crippen LogP contribution in [0.1, 0.15) is 12.5 Å². The van der Waals surface area contributed by atoms with Crippen LogP contribution in [0.3, 0.4) is 0 Å². The molecule has 0 saturated heterocycles. The predicted molar refractivity (Wildman–Crippen MR) is 97.6 cm³/mol. The van der Waals surface area contributed by atoms with Gasteiger partial charge in [-0.1, -0.05) is 18.2 Å². The number of nitrogens with zero attached hydrogens (tertiary/aromatic N) is 2. The zero-order valence-corrected chi connectivity index (χ0v) is 14.6. The lowest BCUT2D eigenvalue weighted by Gasteiger charge is -2.13. The molecular weight excluding hydrogens is 320 g/mol. The van der Waals surface area contributed by atoms with Crippen LogP contribution in [-0.4, -0.2) is 39.6 Å². The molecule has 0 aliphatic carbocycles. The van der Waals surface area contributed by atoms with Gasteiger partial charge < -0.3 is 14.2 Å². The van der Waals surface area contributed by atoms with Crippen molar-refractivity contribution in [2.45, 2.75) is 6.92 Å². The number of carbonyl (C=O) groups excluding carboxylic acids is 1. The first kappa shape index (κ1) is 18.3. The zero-order valence-electron chi connectivity index (χ0n) is 14.6. The minimum Gasteiger partial charge on any atom is -0.493 e. The van der Waals surface area contributed by atoms with E-state index in [1.807, 2.05) is 43.4 Å². The minimum absolute atomic E-state index is 0.158. The largest absolute Gasteiger partial charge is 0.493 e. The van der Waals surface area contributed by atoms with E-state index in [4.69, 9.17) is 14.2 Å². The van der Waals surface area contributed by atoms with Gasteiger partial charge in [0.1, 0.15) is 0 Å². The zero-order chi connectivity index (χ0) is 18.1. The molecule has 0 atom stereocenters. The summed E-state index contributed by atoms with van der Waals surface area (Å²) in [5, 5.41) is 6.18. The van der Waals surface area contributed by atoms with Gasteiger partial charge in [0, 0.05) is 7.05 Å². The third-order valence-corrected chi connectivity index (χ3v) is 3.35. The fourth-order valence-electron chi connectivity index (χ4n) is 2.09. The van der Waals surface area contributed by atoms with E-state index in [1.54, 1.807) is 37.4 Å². The van der Waals surface area contributed by atoms with Crippen LogP contribution in [0.25, 0.3) is 0 Å². The number of esters is 1. The van der Waals surface area contributed by atoms with Crippen molar-refractivity contribution >= 4 is 17.9 Å². The monoisotopic (exact) mass is 342 g/mol. The first-order valence-corrected chi connectivity index (χ1v) is 7.93. The fourth-order valence-corrected chi connectivity index (χ4v) is 2.09. The van der Waals surface area contributed by atoms with Crippen molar-refractivity contribution in [3.05, 3.63) is 54.1 Å². The molecule has 0 heterocycles. The Morgan fingerprint density at radius 1 is 1.16 bits per heavy atom. The lowest BCUT2D eigenvalue weighted by Crippen LogP contribution is -2.15. The Bertz CT molecular complexity index is 717. The molecule has 2 aromatic carbocycles. The maximum absolute atomic E-state index is 11.4. The lowest BCUT2D eigenvalue weighted by atomic mass is 10.2. The Labute approximate surface area is 147 Å². The molecule has 0 aliphatic rings. The third kappa shape index (κ3) is 5.53. The second kappa shape index (κ2) is 9.32. The number of anilines is 1. The molecular formula is C19H22N2O4. The number of methoxy groups -OCH3 is 1. The topological polar surface area (TPSA) is 60.4 Å². The number of benzene rings is 2. The van der Waals surface area contributed by atoms with Gasteiger partial charge in [0.2, 0.25) is 0 Å². The van der Waals surface area contributed by atoms with E-state index in [9.17, 15) is 4.79 Å². The molecule has 0 radical (unpaired) electrons. The molecule has 2 aromatic rings. The van der Waals surface area contributed by atoms with Gasteiger partial charge in [-0.05, 0) is 42.8 Å². The molecule has 0 saturated carbocycles. The third-order valence-electron chi connectivity index (χ3n) is 3.35.